The highest BCUT2D eigenvalue weighted by Crippen LogP contribution is 2.21. The van der Waals surface area contributed by atoms with Gasteiger partial charge in [-0.3, -0.25) is 9.59 Å². The van der Waals surface area contributed by atoms with Gasteiger partial charge in [0.15, 0.2) is 0 Å². The molecule has 1 unspecified atom stereocenters. The number of ether oxygens (including phenoxy) is 2. The number of hydrogen-bond acceptors (Lipinski definition) is 6. The predicted molar refractivity (Wildman–Crippen MR) is 241 cm³/mol. The monoisotopic (exact) mass is 795 g/mol. The number of carbonyl (C=O) groups excluding carboxylic acids is 3. The minimum atomic E-state index is 0.0128. The van der Waals surface area contributed by atoms with Gasteiger partial charge in [0.25, 0.3) is 0 Å². The van der Waals surface area contributed by atoms with Crippen LogP contribution in [0.15, 0.2) is 0 Å². The molecule has 0 aromatic carbocycles. The van der Waals surface area contributed by atoms with E-state index < -0.39 is 0 Å². The van der Waals surface area contributed by atoms with Crippen molar-refractivity contribution in [1.29, 1.82) is 0 Å². The molecule has 7 heteroatoms. The summed E-state index contributed by atoms with van der Waals surface area (Å²) in [5, 5.41) is 3.36. The Balaban J connectivity index is 0. The van der Waals surface area contributed by atoms with E-state index in [2.05, 4.69) is 37.9 Å². The summed E-state index contributed by atoms with van der Waals surface area (Å²) in [5.41, 5.74) is 0. The van der Waals surface area contributed by atoms with Crippen LogP contribution in [0.25, 0.3) is 0 Å². The lowest BCUT2D eigenvalue weighted by Crippen LogP contribution is -2.36. The molecule has 0 aliphatic heterocycles. The average molecular weight is 795 g/mol. The first-order valence-electron chi connectivity index (χ1n) is 24.3. The molecule has 0 spiro atoms. The maximum atomic E-state index is 12.5. The van der Waals surface area contributed by atoms with Gasteiger partial charge in [-0.1, -0.05) is 182 Å². The number of aldehydes is 1. The second kappa shape index (κ2) is 46.2. The first-order valence-corrected chi connectivity index (χ1v) is 24.3. The highest BCUT2D eigenvalue weighted by molar-refractivity contribution is 5.76. The molecule has 0 aromatic heterocycles. The van der Waals surface area contributed by atoms with Gasteiger partial charge in [0.1, 0.15) is 6.29 Å². The van der Waals surface area contributed by atoms with Crippen LogP contribution >= 0.6 is 0 Å². The molecule has 56 heavy (non-hydrogen) atoms. The third-order valence-electron chi connectivity index (χ3n) is 11.3. The van der Waals surface area contributed by atoms with Crippen LogP contribution in [0, 0.1) is 11.8 Å². The van der Waals surface area contributed by atoms with Crippen molar-refractivity contribution in [2.24, 2.45) is 11.8 Å². The lowest BCUT2D eigenvalue weighted by atomic mass is 9.93. The van der Waals surface area contributed by atoms with Gasteiger partial charge in [0.05, 0.1) is 6.61 Å². The summed E-state index contributed by atoms with van der Waals surface area (Å²) in [4.78, 5) is 37.2. The Hall–Kier alpha value is -1.47. The minimum Gasteiger partial charge on any atom is -0.466 e. The number of nitrogens with one attached hydrogen (secondary N) is 1. The predicted octanol–water partition coefficient (Wildman–Crippen LogP) is 13.6. The lowest BCUT2D eigenvalue weighted by Gasteiger charge is -2.20. The molecule has 7 nitrogen and oxygen atoms in total. The molecule has 1 N–H and O–H groups in total. The van der Waals surface area contributed by atoms with E-state index in [1.54, 1.807) is 7.11 Å². The fourth-order valence-corrected chi connectivity index (χ4v) is 7.48. The van der Waals surface area contributed by atoms with Crippen molar-refractivity contribution >= 4 is 18.2 Å². The second-order valence-electron chi connectivity index (χ2n) is 17.2. The van der Waals surface area contributed by atoms with Crippen LogP contribution in [0.5, 0.6) is 0 Å². The van der Waals surface area contributed by atoms with Crippen molar-refractivity contribution in [2.75, 3.05) is 41.0 Å². The molecular weight excluding hydrogens is 697 g/mol. The number of unbranched alkanes of at least 4 members (excludes halogenated alkanes) is 18. The molecule has 0 aromatic rings. The topological polar surface area (TPSA) is 84.9 Å². The number of rotatable bonds is 42. The Morgan fingerprint density at radius 2 is 0.964 bits per heavy atom. The minimum absolute atomic E-state index is 0.0128. The largest absolute Gasteiger partial charge is 0.466 e. The van der Waals surface area contributed by atoms with Crippen LogP contribution in [-0.2, 0) is 23.9 Å². The molecule has 334 valence electrons. The van der Waals surface area contributed by atoms with Gasteiger partial charge in [0.2, 0.25) is 5.91 Å². The number of amides is 1. The molecule has 0 saturated heterocycles. The molecule has 1 atom stereocenters. The highest BCUT2D eigenvalue weighted by atomic mass is 16.5. The molecule has 0 saturated carbocycles. The van der Waals surface area contributed by atoms with E-state index in [1.165, 1.54) is 154 Å². The summed E-state index contributed by atoms with van der Waals surface area (Å²) in [6.45, 7) is 11.1. The summed E-state index contributed by atoms with van der Waals surface area (Å²) < 4.78 is 10.7. The van der Waals surface area contributed by atoms with Crippen molar-refractivity contribution in [2.45, 2.75) is 246 Å². The Kier molecular flexibility index (Phi) is 46.7. The molecule has 0 aliphatic carbocycles. The van der Waals surface area contributed by atoms with Gasteiger partial charge >= 0.3 is 5.97 Å². The number of esters is 1. The van der Waals surface area contributed by atoms with Crippen LogP contribution in [-0.4, -0.2) is 70.1 Å². The van der Waals surface area contributed by atoms with Crippen molar-refractivity contribution in [1.82, 2.24) is 10.2 Å². The molecule has 0 radical (unpaired) electrons. The zero-order chi connectivity index (χ0) is 41.7. The molecule has 0 fully saturated rings. The summed E-state index contributed by atoms with van der Waals surface area (Å²) in [5.74, 6) is 1.40. The van der Waals surface area contributed by atoms with Crippen molar-refractivity contribution < 1.29 is 23.9 Å². The van der Waals surface area contributed by atoms with E-state index in [1.807, 2.05) is 14.1 Å². The van der Waals surface area contributed by atoms with Gasteiger partial charge in [-0.05, 0) is 64.5 Å². The van der Waals surface area contributed by atoms with Gasteiger partial charge in [-0.15, -0.1) is 0 Å². The summed E-state index contributed by atoms with van der Waals surface area (Å²) in [7, 11) is 5.83. The molecule has 1 amide bonds. The normalized spacial score (nSPS) is 11.9. The van der Waals surface area contributed by atoms with E-state index in [-0.39, 0.29) is 11.9 Å². The standard InChI is InChI=1S/C38H76N2O4.C11H22O/c1-6-8-26-35(27-9-7-2)34-38(42)44-33-25-21-17-13-11-15-19-23-29-36(39-37(41)30-31-40(3)4)28-22-18-14-10-12-16-20-24-32-43-5;1-3-5-7-11(9-10-12)8-6-4-2/h35-36H,6-34H2,1-5H3,(H,39,41);10-11H,3-9H2,1-2H3. The van der Waals surface area contributed by atoms with E-state index in [0.717, 1.165) is 64.4 Å². The number of methoxy groups -OCH3 is 1. The zero-order valence-electron chi connectivity index (χ0n) is 38.8. The first kappa shape index (κ1) is 56.6. The zero-order valence-corrected chi connectivity index (χ0v) is 38.8. The first-order chi connectivity index (χ1) is 27.3. The molecule has 0 rings (SSSR count). The smallest absolute Gasteiger partial charge is 0.306 e. The average Bonchev–Trinajstić information content (AvgIpc) is 3.18. The van der Waals surface area contributed by atoms with Gasteiger partial charge in [-0.2, -0.15) is 0 Å². The number of carbonyl (C=O) groups is 3. The molecule has 0 heterocycles. The number of hydrogen-bond donors (Lipinski definition) is 1. The fourth-order valence-electron chi connectivity index (χ4n) is 7.48. The lowest BCUT2D eigenvalue weighted by molar-refractivity contribution is -0.145. The maximum Gasteiger partial charge on any atom is 0.306 e. The van der Waals surface area contributed by atoms with E-state index in [4.69, 9.17) is 9.47 Å². The Labute approximate surface area is 349 Å². The van der Waals surface area contributed by atoms with E-state index >= 15 is 0 Å². The van der Waals surface area contributed by atoms with Crippen LogP contribution in [0.4, 0.5) is 0 Å². The maximum absolute atomic E-state index is 12.5. The van der Waals surface area contributed by atoms with Crippen LogP contribution < -0.4 is 5.32 Å². The number of nitrogens with zero attached hydrogens (tertiary/aromatic N) is 1. The quantitative estimate of drug-likeness (QED) is 0.0376. The Morgan fingerprint density at radius 3 is 1.38 bits per heavy atom. The summed E-state index contributed by atoms with van der Waals surface area (Å²) in [6, 6.07) is 0.329. The molecule has 0 bridgehead atoms. The van der Waals surface area contributed by atoms with Crippen LogP contribution in [0.1, 0.15) is 240 Å². The van der Waals surface area contributed by atoms with E-state index in [9.17, 15) is 14.4 Å². The summed E-state index contributed by atoms with van der Waals surface area (Å²) in [6.07, 6.45) is 39.9. The van der Waals surface area contributed by atoms with Gasteiger partial charge in [-0.25, -0.2) is 0 Å². The van der Waals surface area contributed by atoms with Crippen molar-refractivity contribution in [3.63, 3.8) is 0 Å². The third-order valence-corrected chi connectivity index (χ3v) is 11.3. The summed E-state index contributed by atoms with van der Waals surface area (Å²) >= 11 is 0. The van der Waals surface area contributed by atoms with E-state index in [0.29, 0.717) is 37.3 Å². The Morgan fingerprint density at radius 1 is 0.554 bits per heavy atom. The molecular formula is C49H98N2O5. The van der Waals surface area contributed by atoms with Crippen LogP contribution in [0.2, 0.25) is 0 Å². The second-order valence-corrected chi connectivity index (χ2v) is 17.2. The van der Waals surface area contributed by atoms with Crippen molar-refractivity contribution in [3.05, 3.63) is 0 Å². The fraction of sp³-hybridized carbons (Fsp3) is 0.939. The Bertz CT molecular complexity index is 806. The molecule has 0 aliphatic rings. The highest BCUT2D eigenvalue weighted by Gasteiger charge is 2.15. The van der Waals surface area contributed by atoms with Gasteiger partial charge in [0, 0.05) is 45.6 Å². The third kappa shape index (κ3) is 43.6. The van der Waals surface area contributed by atoms with Crippen molar-refractivity contribution in [3.8, 4) is 0 Å². The van der Waals surface area contributed by atoms with Gasteiger partial charge < -0.3 is 24.5 Å². The SMILES string of the molecule is CCCCC(CC=O)CCCC.CCCCC(CCCC)CC(=O)OCCCCCCCCCCC(CCCCCCCCCCOC)NC(=O)CCN(C)C. The van der Waals surface area contributed by atoms with Crippen LogP contribution in [0.3, 0.4) is 0 Å².